The van der Waals surface area contributed by atoms with Gasteiger partial charge in [0.2, 0.25) is 0 Å². The van der Waals surface area contributed by atoms with Gasteiger partial charge in [0.15, 0.2) is 0 Å². The van der Waals surface area contributed by atoms with E-state index in [9.17, 15) is 15.0 Å². The van der Waals surface area contributed by atoms with E-state index in [-0.39, 0.29) is 23.4 Å². The van der Waals surface area contributed by atoms with Crippen molar-refractivity contribution in [1.29, 1.82) is 0 Å². The van der Waals surface area contributed by atoms with Crippen molar-refractivity contribution in [1.82, 2.24) is 4.90 Å². The molecule has 0 aromatic heterocycles. The normalized spacial score (nSPS) is 16.0. The van der Waals surface area contributed by atoms with Gasteiger partial charge in [-0.1, -0.05) is 31.2 Å². The molecule has 0 unspecified atom stereocenters. The summed E-state index contributed by atoms with van der Waals surface area (Å²) in [5.41, 5.74) is 1.80. The summed E-state index contributed by atoms with van der Waals surface area (Å²) in [6, 6.07) is 13.7. The maximum absolute atomic E-state index is 12.9. The van der Waals surface area contributed by atoms with Crippen molar-refractivity contribution in [3.05, 3.63) is 59.7 Å². The molecule has 1 fully saturated rings. The highest BCUT2D eigenvalue weighted by molar-refractivity contribution is 5.79. The topological polar surface area (TPSA) is 69.8 Å². The molecule has 1 heterocycles. The maximum Gasteiger partial charge on any atom is 0.314 e. The average Bonchev–Trinajstić information content (AvgIpc) is 3.46. The molecule has 26 heavy (non-hydrogen) atoms. The smallest absolute Gasteiger partial charge is 0.314 e. The molecule has 3 rings (SSSR count). The van der Waals surface area contributed by atoms with E-state index in [1.54, 1.807) is 36.4 Å². The minimum absolute atomic E-state index is 0.0751. The average molecular weight is 355 g/mol. The Morgan fingerprint density at radius 2 is 1.54 bits per heavy atom. The Hall–Kier alpha value is -2.53. The highest BCUT2D eigenvalue weighted by atomic mass is 16.5. The summed E-state index contributed by atoms with van der Waals surface area (Å²) >= 11 is 0. The first-order valence-electron chi connectivity index (χ1n) is 9.05. The lowest BCUT2D eigenvalue weighted by Crippen LogP contribution is -2.24. The van der Waals surface area contributed by atoms with Crippen LogP contribution in [0.15, 0.2) is 48.5 Å². The van der Waals surface area contributed by atoms with Gasteiger partial charge in [-0.05, 0) is 41.8 Å². The van der Waals surface area contributed by atoms with E-state index < -0.39 is 5.92 Å². The first kappa shape index (κ1) is 18.3. The van der Waals surface area contributed by atoms with Gasteiger partial charge in [-0.25, -0.2) is 0 Å². The van der Waals surface area contributed by atoms with E-state index in [2.05, 4.69) is 4.90 Å². The molecule has 1 saturated heterocycles. The molecule has 2 aromatic rings. The number of esters is 1. The molecule has 2 aromatic carbocycles. The number of hydrogen-bond acceptors (Lipinski definition) is 5. The molecular formula is C21H25NO4. The van der Waals surface area contributed by atoms with Gasteiger partial charge in [-0.3, -0.25) is 9.69 Å². The Balaban J connectivity index is 1.85. The Bertz CT molecular complexity index is 723. The lowest BCUT2D eigenvalue weighted by Gasteiger charge is -2.26. The predicted molar refractivity (Wildman–Crippen MR) is 99.4 cm³/mol. The second-order valence-electron chi connectivity index (χ2n) is 6.68. The number of phenols is 2. The van der Waals surface area contributed by atoms with E-state index in [1.165, 1.54) is 0 Å². The molecule has 1 aliphatic heterocycles. The van der Waals surface area contributed by atoms with E-state index in [4.69, 9.17) is 4.74 Å². The lowest BCUT2D eigenvalue weighted by atomic mass is 9.79. The standard InChI is InChI=1S/C21H25NO4/c1-2-19(15-3-7-17(23)8-4-15)20(16-5-9-18(24)10-6-16)21(25)26-14-13-22-11-12-22/h3-10,19-20,23-24H,2,11-14H2,1H3/t19-,20+/m1/s1. The minimum atomic E-state index is -0.459. The highest BCUT2D eigenvalue weighted by Crippen LogP contribution is 2.37. The van der Waals surface area contributed by atoms with Crippen molar-refractivity contribution in [3.63, 3.8) is 0 Å². The van der Waals surface area contributed by atoms with Crippen LogP contribution in [-0.2, 0) is 9.53 Å². The summed E-state index contributed by atoms with van der Waals surface area (Å²) in [6.45, 7) is 5.34. The van der Waals surface area contributed by atoms with Crippen molar-refractivity contribution in [3.8, 4) is 11.5 Å². The summed E-state index contributed by atoms with van der Waals surface area (Å²) in [5, 5.41) is 19.1. The van der Waals surface area contributed by atoms with Crippen molar-refractivity contribution in [2.75, 3.05) is 26.2 Å². The molecule has 1 aliphatic rings. The molecule has 2 N–H and O–H groups in total. The first-order chi connectivity index (χ1) is 12.6. The predicted octanol–water partition coefficient (Wildman–Crippen LogP) is 3.23. The number of rotatable bonds is 8. The van der Waals surface area contributed by atoms with Crippen molar-refractivity contribution >= 4 is 5.97 Å². The van der Waals surface area contributed by atoms with Crippen LogP contribution in [0.3, 0.4) is 0 Å². The molecule has 0 radical (unpaired) electrons. The third kappa shape index (κ3) is 4.55. The fraction of sp³-hybridized carbons (Fsp3) is 0.381. The third-order valence-electron chi connectivity index (χ3n) is 4.86. The molecular weight excluding hydrogens is 330 g/mol. The summed E-state index contributed by atoms with van der Waals surface area (Å²) in [7, 11) is 0. The van der Waals surface area contributed by atoms with Gasteiger partial charge in [-0.2, -0.15) is 0 Å². The molecule has 0 spiro atoms. The second-order valence-corrected chi connectivity index (χ2v) is 6.68. The quantitative estimate of drug-likeness (QED) is 0.562. The lowest BCUT2D eigenvalue weighted by molar-refractivity contribution is -0.146. The summed E-state index contributed by atoms with van der Waals surface area (Å²) < 4.78 is 5.58. The zero-order chi connectivity index (χ0) is 18.5. The van der Waals surface area contributed by atoms with Crippen LogP contribution in [0.4, 0.5) is 0 Å². The number of carbonyl (C=O) groups is 1. The van der Waals surface area contributed by atoms with E-state index >= 15 is 0 Å². The van der Waals surface area contributed by atoms with E-state index in [0.717, 1.165) is 37.2 Å². The van der Waals surface area contributed by atoms with Crippen LogP contribution in [0.25, 0.3) is 0 Å². The zero-order valence-electron chi connectivity index (χ0n) is 15.0. The van der Waals surface area contributed by atoms with Gasteiger partial charge in [0.05, 0.1) is 5.92 Å². The van der Waals surface area contributed by atoms with Crippen LogP contribution in [0.2, 0.25) is 0 Å². The number of phenolic OH excluding ortho intramolecular Hbond substituents is 2. The van der Waals surface area contributed by atoms with Crippen LogP contribution in [0.1, 0.15) is 36.3 Å². The summed E-state index contributed by atoms with van der Waals surface area (Å²) in [5.74, 6) is -0.420. The molecule has 0 bridgehead atoms. The Kier molecular flexibility index (Phi) is 5.78. The second kappa shape index (κ2) is 8.23. The molecule has 0 aliphatic carbocycles. The molecule has 0 saturated carbocycles. The zero-order valence-corrected chi connectivity index (χ0v) is 15.0. The Morgan fingerprint density at radius 3 is 2.04 bits per heavy atom. The van der Waals surface area contributed by atoms with Crippen LogP contribution in [-0.4, -0.2) is 47.3 Å². The Morgan fingerprint density at radius 1 is 1.00 bits per heavy atom. The maximum atomic E-state index is 12.9. The molecule has 5 heteroatoms. The first-order valence-corrected chi connectivity index (χ1v) is 9.05. The number of nitrogens with zero attached hydrogens (tertiary/aromatic N) is 1. The van der Waals surface area contributed by atoms with Gasteiger partial charge >= 0.3 is 5.97 Å². The highest BCUT2D eigenvalue weighted by Gasteiger charge is 2.32. The van der Waals surface area contributed by atoms with Crippen LogP contribution < -0.4 is 0 Å². The van der Waals surface area contributed by atoms with Crippen molar-refractivity contribution in [2.24, 2.45) is 0 Å². The summed E-state index contributed by atoms with van der Waals surface area (Å²) in [4.78, 5) is 15.1. The Labute approximate surface area is 153 Å². The number of ether oxygens (including phenoxy) is 1. The minimum Gasteiger partial charge on any atom is -0.508 e. The van der Waals surface area contributed by atoms with Gasteiger partial charge in [0.1, 0.15) is 18.1 Å². The van der Waals surface area contributed by atoms with Crippen LogP contribution >= 0.6 is 0 Å². The number of benzene rings is 2. The van der Waals surface area contributed by atoms with Crippen LogP contribution in [0, 0.1) is 0 Å². The van der Waals surface area contributed by atoms with E-state index in [1.807, 2.05) is 19.1 Å². The van der Waals surface area contributed by atoms with Gasteiger partial charge < -0.3 is 14.9 Å². The molecule has 0 amide bonds. The summed E-state index contributed by atoms with van der Waals surface area (Å²) in [6.07, 6.45) is 0.748. The monoisotopic (exact) mass is 355 g/mol. The SMILES string of the molecule is CC[C@H](c1ccc(O)cc1)[C@@H](C(=O)OCCN1CC1)c1ccc(O)cc1. The third-order valence-corrected chi connectivity index (χ3v) is 4.86. The van der Waals surface area contributed by atoms with Crippen molar-refractivity contribution in [2.45, 2.75) is 25.2 Å². The number of aromatic hydroxyl groups is 2. The van der Waals surface area contributed by atoms with E-state index in [0.29, 0.717) is 6.61 Å². The molecule has 2 atom stereocenters. The fourth-order valence-corrected chi connectivity index (χ4v) is 3.26. The molecule has 5 nitrogen and oxygen atoms in total. The molecule has 138 valence electrons. The van der Waals surface area contributed by atoms with Gasteiger partial charge in [0, 0.05) is 25.6 Å². The van der Waals surface area contributed by atoms with Crippen molar-refractivity contribution < 1.29 is 19.7 Å². The van der Waals surface area contributed by atoms with Crippen LogP contribution in [0.5, 0.6) is 11.5 Å². The fourth-order valence-electron chi connectivity index (χ4n) is 3.26. The van der Waals surface area contributed by atoms with Gasteiger partial charge in [0.25, 0.3) is 0 Å². The number of hydrogen-bond donors (Lipinski definition) is 2. The van der Waals surface area contributed by atoms with Gasteiger partial charge in [-0.15, -0.1) is 0 Å². The number of carbonyl (C=O) groups excluding carboxylic acids is 1. The largest absolute Gasteiger partial charge is 0.508 e.